The first-order valence-corrected chi connectivity index (χ1v) is 11.7. The van der Waals surface area contributed by atoms with E-state index in [2.05, 4.69) is 26.7 Å². The van der Waals surface area contributed by atoms with Crippen molar-refractivity contribution in [2.45, 2.75) is 13.3 Å². The lowest BCUT2D eigenvalue weighted by molar-refractivity contribution is 0.0988. The molecule has 0 aliphatic carbocycles. The number of amides is 2. The van der Waals surface area contributed by atoms with Gasteiger partial charge in [0.1, 0.15) is 0 Å². The van der Waals surface area contributed by atoms with Gasteiger partial charge in [0.2, 0.25) is 0 Å². The molecule has 1 N–H and O–H groups in total. The zero-order valence-corrected chi connectivity index (χ0v) is 19.5. The lowest BCUT2D eigenvalue weighted by Gasteiger charge is -2.17. The normalized spacial score (nSPS) is 12.5. The number of nitrogens with zero attached hydrogens (tertiary/aromatic N) is 5. The van der Waals surface area contributed by atoms with E-state index in [1.807, 2.05) is 48.5 Å². The van der Waals surface area contributed by atoms with Crippen LogP contribution in [0.2, 0.25) is 0 Å². The van der Waals surface area contributed by atoms with Crippen LogP contribution >= 0.6 is 0 Å². The summed E-state index contributed by atoms with van der Waals surface area (Å²) in [5, 5.41) is 12.1. The Morgan fingerprint density at radius 3 is 2.56 bits per heavy atom. The number of benzene rings is 3. The number of pyridine rings is 1. The van der Waals surface area contributed by atoms with Gasteiger partial charge in [-0.1, -0.05) is 29.5 Å². The van der Waals surface area contributed by atoms with Gasteiger partial charge in [-0.15, -0.1) is 5.10 Å². The number of rotatable bonds is 4. The van der Waals surface area contributed by atoms with E-state index >= 15 is 0 Å². The van der Waals surface area contributed by atoms with Gasteiger partial charge >= 0.3 is 0 Å². The molecule has 8 nitrogen and oxygen atoms in total. The van der Waals surface area contributed by atoms with Crippen LogP contribution in [0.5, 0.6) is 0 Å². The molecule has 36 heavy (non-hydrogen) atoms. The molecular weight excluding hydrogens is 452 g/mol. The highest BCUT2D eigenvalue weighted by Gasteiger charge is 2.25. The molecule has 0 unspecified atom stereocenters. The first-order valence-electron chi connectivity index (χ1n) is 11.7. The number of aromatic nitrogens is 4. The van der Waals surface area contributed by atoms with Crippen LogP contribution in [0.3, 0.4) is 0 Å². The Balaban J connectivity index is 1.20. The molecule has 1 aliphatic rings. The monoisotopic (exact) mass is 474 g/mol. The zero-order chi connectivity index (χ0) is 24.6. The number of carbonyl (C=O) groups is 2. The Bertz CT molecular complexity index is 1620. The summed E-state index contributed by atoms with van der Waals surface area (Å²) in [5.74, 6) is -0.425. The van der Waals surface area contributed by atoms with Gasteiger partial charge in [0.05, 0.1) is 16.9 Å². The van der Waals surface area contributed by atoms with Gasteiger partial charge in [0.25, 0.3) is 11.8 Å². The minimum Gasteiger partial charge on any atom is -0.321 e. The largest absolute Gasteiger partial charge is 0.321 e. The third kappa shape index (κ3) is 3.69. The standard InChI is InChI=1S/C28H22N6O2/c1-18-26(31-32-34(18)25-10-4-8-23-22(25)7-5-16-29-23)27(35)30-21-13-11-20(12-14-21)28(36)33-17-15-19-6-2-3-9-24(19)33/h2-14,16H,15,17H2,1H3,(H,30,35). The van der Waals surface area contributed by atoms with Gasteiger partial charge in [0, 0.05) is 35.1 Å². The number of anilines is 2. The Hall–Kier alpha value is -4.85. The lowest BCUT2D eigenvalue weighted by Crippen LogP contribution is -2.28. The van der Waals surface area contributed by atoms with Crippen molar-refractivity contribution in [3.63, 3.8) is 0 Å². The van der Waals surface area contributed by atoms with Crippen LogP contribution < -0.4 is 10.2 Å². The average molecular weight is 475 g/mol. The first kappa shape index (κ1) is 21.7. The summed E-state index contributed by atoms with van der Waals surface area (Å²) in [4.78, 5) is 32.2. The second-order valence-electron chi connectivity index (χ2n) is 8.65. The van der Waals surface area contributed by atoms with E-state index in [9.17, 15) is 9.59 Å². The molecule has 0 spiro atoms. The molecule has 5 aromatic rings. The Labute approximate surface area is 207 Å². The third-order valence-corrected chi connectivity index (χ3v) is 6.48. The fourth-order valence-corrected chi connectivity index (χ4v) is 4.63. The summed E-state index contributed by atoms with van der Waals surface area (Å²) in [7, 11) is 0. The summed E-state index contributed by atoms with van der Waals surface area (Å²) in [6.45, 7) is 2.47. The fraction of sp³-hybridized carbons (Fsp3) is 0.107. The van der Waals surface area contributed by atoms with Gasteiger partial charge < -0.3 is 10.2 Å². The highest BCUT2D eigenvalue weighted by atomic mass is 16.2. The molecule has 0 fully saturated rings. The van der Waals surface area contributed by atoms with E-state index in [1.54, 1.807) is 47.0 Å². The first-order chi connectivity index (χ1) is 17.6. The predicted octanol–water partition coefficient (Wildman–Crippen LogP) is 4.58. The molecule has 0 saturated heterocycles. The van der Waals surface area contributed by atoms with Crippen LogP contribution in [-0.4, -0.2) is 38.3 Å². The maximum absolute atomic E-state index is 13.1. The van der Waals surface area contributed by atoms with Crippen molar-refractivity contribution in [2.24, 2.45) is 0 Å². The molecule has 8 heteroatoms. The minimum atomic E-state index is -0.371. The van der Waals surface area contributed by atoms with Crippen LogP contribution in [0.4, 0.5) is 11.4 Å². The minimum absolute atomic E-state index is 0.0545. The van der Waals surface area contributed by atoms with Crippen molar-refractivity contribution < 1.29 is 9.59 Å². The highest BCUT2D eigenvalue weighted by molar-refractivity contribution is 6.08. The quantitative estimate of drug-likeness (QED) is 0.412. The molecular formula is C28H22N6O2. The summed E-state index contributed by atoms with van der Waals surface area (Å²) in [6.07, 6.45) is 2.59. The van der Waals surface area contributed by atoms with Crippen molar-refractivity contribution in [1.82, 2.24) is 20.0 Å². The Morgan fingerprint density at radius 1 is 0.889 bits per heavy atom. The van der Waals surface area contributed by atoms with E-state index in [1.165, 1.54) is 5.56 Å². The van der Waals surface area contributed by atoms with Crippen molar-refractivity contribution in [3.8, 4) is 5.69 Å². The molecule has 3 heterocycles. The smallest absolute Gasteiger partial charge is 0.278 e. The molecule has 2 aromatic heterocycles. The van der Waals surface area contributed by atoms with Crippen LogP contribution in [-0.2, 0) is 6.42 Å². The van der Waals surface area contributed by atoms with E-state index < -0.39 is 0 Å². The third-order valence-electron chi connectivity index (χ3n) is 6.48. The van der Waals surface area contributed by atoms with Crippen molar-refractivity contribution in [2.75, 3.05) is 16.8 Å². The van der Waals surface area contributed by atoms with Gasteiger partial charge in [0.15, 0.2) is 5.69 Å². The molecule has 2 amide bonds. The van der Waals surface area contributed by atoms with Crippen LogP contribution in [0.25, 0.3) is 16.6 Å². The highest BCUT2D eigenvalue weighted by Crippen LogP contribution is 2.29. The van der Waals surface area contributed by atoms with Gasteiger partial charge in [-0.3, -0.25) is 14.6 Å². The second-order valence-corrected chi connectivity index (χ2v) is 8.65. The topological polar surface area (TPSA) is 93.0 Å². The molecule has 6 rings (SSSR count). The van der Waals surface area contributed by atoms with Crippen LogP contribution in [0.15, 0.2) is 85.1 Å². The lowest BCUT2D eigenvalue weighted by atomic mass is 10.1. The van der Waals surface area contributed by atoms with Gasteiger partial charge in [-0.05, 0) is 73.5 Å². The van der Waals surface area contributed by atoms with Gasteiger partial charge in [-0.2, -0.15) is 0 Å². The second kappa shape index (κ2) is 8.74. The predicted molar refractivity (Wildman–Crippen MR) is 138 cm³/mol. The molecule has 176 valence electrons. The van der Waals surface area contributed by atoms with Gasteiger partial charge in [-0.25, -0.2) is 4.68 Å². The Morgan fingerprint density at radius 2 is 1.69 bits per heavy atom. The van der Waals surface area contributed by atoms with E-state index in [4.69, 9.17) is 0 Å². The summed E-state index contributed by atoms with van der Waals surface area (Å²) >= 11 is 0. The van der Waals surface area contributed by atoms with E-state index in [0.717, 1.165) is 28.7 Å². The maximum atomic E-state index is 13.1. The number of fused-ring (bicyclic) bond motifs is 2. The Kier molecular flexibility index (Phi) is 5.26. The number of hydrogen-bond acceptors (Lipinski definition) is 5. The number of hydrogen-bond donors (Lipinski definition) is 1. The molecule has 0 atom stereocenters. The summed E-state index contributed by atoms with van der Waals surface area (Å²) in [5.41, 5.74) is 5.75. The van der Waals surface area contributed by atoms with Crippen molar-refractivity contribution >= 4 is 34.1 Å². The van der Waals surface area contributed by atoms with Crippen molar-refractivity contribution in [3.05, 3.63) is 108 Å². The zero-order valence-electron chi connectivity index (χ0n) is 19.5. The molecule has 0 bridgehead atoms. The number of para-hydroxylation sites is 1. The molecule has 1 aliphatic heterocycles. The number of carbonyl (C=O) groups excluding carboxylic acids is 2. The van der Waals surface area contributed by atoms with E-state index in [0.29, 0.717) is 23.5 Å². The molecule has 3 aromatic carbocycles. The van der Waals surface area contributed by atoms with Crippen LogP contribution in [0.1, 0.15) is 32.1 Å². The van der Waals surface area contributed by atoms with Crippen LogP contribution in [0, 0.1) is 6.92 Å². The molecule has 0 saturated carbocycles. The average Bonchev–Trinajstić information content (AvgIpc) is 3.52. The van der Waals surface area contributed by atoms with E-state index in [-0.39, 0.29) is 17.5 Å². The molecule has 0 radical (unpaired) electrons. The maximum Gasteiger partial charge on any atom is 0.278 e. The SMILES string of the molecule is Cc1c(C(=O)Nc2ccc(C(=O)N3CCc4ccccc43)cc2)nnn1-c1cccc2ncccc12. The fourth-order valence-electron chi connectivity index (χ4n) is 4.63. The summed E-state index contributed by atoms with van der Waals surface area (Å²) in [6, 6.07) is 24.4. The van der Waals surface area contributed by atoms with Crippen molar-refractivity contribution in [1.29, 1.82) is 0 Å². The summed E-state index contributed by atoms with van der Waals surface area (Å²) < 4.78 is 1.65. The number of nitrogens with one attached hydrogen (secondary N) is 1.